The fourth-order valence-electron chi connectivity index (χ4n) is 0. The van der Waals surface area contributed by atoms with Gasteiger partial charge in [0.05, 0.1) is 0 Å². The third-order valence-electron chi connectivity index (χ3n) is 0. The molecule has 0 aliphatic heterocycles. The second-order valence-electron chi connectivity index (χ2n) is 0. The molecule has 0 aromatic heterocycles. The molecule has 0 spiro atoms. The van der Waals surface area contributed by atoms with Gasteiger partial charge in [-0.2, -0.15) is 0 Å². The molecule has 0 saturated carbocycles. The molecule has 4 heavy (non-hydrogen) atoms. The second-order valence-corrected chi connectivity index (χ2v) is 0. The van der Waals surface area contributed by atoms with Crippen molar-refractivity contribution in [1.82, 2.24) is 0 Å². The first-order chi connectivity index (χ1) is 0. The van der Waals surface area contributed by atoms with E-state index in [1.165, 1.54) is 0 Å². The first kappa shape index (κ1) is 71.8. The molecule has 0 fully saturated rings. The third-order valence-corrected chi connectivity index (χ3v) is 0. The number of hydrogen-bond donors (Lipinski definition) is 0. The largest absolute Gasteiger partial charge is 1.00 e. The summed E-state index contributed by atoms with van der Waals surface area (Å²) in [5.41, 5.74) is 0. The third kappa shape index (κ3) is 11.4. The molecule has 0 rings (SSSR count). The molecule has 0 saturated heterocycles. The van der Waals surface area contributed by atoms with Crippen molar-refractivity contribution < 1.29 is 12.4 Å². The molecule has 0 atom stereocenters. The molecule has 0 aromatic rings. The summed E-state index contributed by atoms with van der Waals surface area (Å²) >= 11 is 0. The van der Waals surface area contributed by atoms with Crippen molar-refractivity contribution in [1.29, 1.82) is 0 Å². The Bertz CT molecular complexity index is 6.00. The Morgan fingerprint density at radius 1 is 0.750 bits per heavy atom. The van der Waals surface area contributed by atoms with E-state index in [2.05, 4.69) is 0 Å². The van der Waals surface area contributed by atoms with Gasteiger partial charge in [0, 0.05) is 23.9 Å². The van der Waals surface area contributed by atoms with Gasteiger partial charge < -0.3 is 12.4 Å². The summed E-state index contributed by atoms with van der Waals surface area (Å²) in [5, 5.41) is 0. The summed E-state index contributed by atoms with van der Waals surface area (Å²) in [5.74, 6) is 0. The monoisotopic (exact) mass is 187 g/mol. The molecule has 0 nitrogen and oxygen atoms in total. The van der Waals surface area contributed by atoms with Crippen LogP contribution in [0.3, 0.4) is 0 Å². The summed E-state index contributed by atoms with van der Waals surface area (Å²) in [6.45, 7) is 0. The Balaban J connectivity index is 0. The summed E-state index contributed by atoms with van der Waals surface area (Å²) < 4.78 is 0. The molecule has 0 aromatic carbocycles. The summed E-state index contributed by atoms with van der Waals surface area (Å²) in [7, 11) is 0. The van der Waals surface area contributed by atoms with E-state index in [9.17, 15) is 0 Å². The topological polar surface area (TPSA) is 0 Å². The van der Waals surface area contributed by atoms with Crippen LogP contribution in [0.25, 0.3) is 0 Å². The molecule has 2 heteroatoms. The van der Waals surface area contributed by atoms with Gasteiger partial charge in [0.25, 0.3) is 0 Å². The minimum absolute atomic E-state index is 0. The minimum Gasteiger partial charge on any atom is -1.00 e. The molecular weight excluding hydrogens is 178 g/mol. The van der Waals surface area contributed by atoms with E-state index in [1.807, 2.05) is 0 Å². The Kier molecular flexibility index (Phi) is 591. The van der Waals surface area contributed by atoms with Crippen molar-refractivity contribution in [2.45, 2.75) is 14.9 Å². The standard InChI is InChI=1S/2CH4.ClH.Sn/h2*1H4;1H;/p-1. The minimum atomic E-state index is 0. The van der Waals surface area contributed by atoms with Crippen LogP contribution in [0, 0.1) is 0 Å². The van der Waals surface area contributed by atoms with Gasteiger partial charge >= 0.3 is 0 Å². The van der Waals surface area contributed by atoms with E-state index in [0.29, 0.717) is 0 Å². The van der Waals surface area contributed by atoms with Crippen molar-refractivity contribution in [3.8, 4) is 0 Å². The van der Waals surface area contributed by atoms with Crippen LogP contribution < -0.4 is 12.4 Å². The van der Waals surface area contributed by atoms with Crippen molar-refractivity contribution >= 4 is 23.9 Å². The summed E-state index contributed by atoms with van der Waals surface area (Å²) in [6.07, 6.45) is 0. The molecule has 0 amide bonds. The first-order valence-electron chi connectivity index (χ1n) is 0. The Hall–Kier alpha value is 1.09. The van der Waals surface area contributed by atoms with Crippen LogP contribution in [0.1, 0.15) is 14.9 Å². The van der Waals surface area contributed by atoms with Crippen LogP contribution in [0.5, 0.6) is 0 Å². The van der Waals surface area contributed by atoms with Gasteiger partial charge in [0.1, 0.15) is 0 Å². The van der Waals surface area contributed by atoms with Crippen LogP contribution >= 0.6 is 0 Å². The van der Waals surface area contributed by atoms with Gasteiger partial charge in [0.15, 0.2) is 0 Å². The Morgan fingerprint density at radius 2 is 0.750 bits per heavy atom. The predicted molar refractivity (Wildman–Crippen MR) is 19.2 cm³/mol. The van der Waals surface area contributed by atoms with E-state index in [4.69, 9.17) is 0 Å². The van der Waals surface area contributed by atoms with Crippen LogP contribution in [-0.2, 0) is 0 Å². The molecule has 4 radical (unpaired) electrons. The van der Waals surface area contributed by atoms with Crippen LogP contribution in [-0.4, -0.2) is 23.9 Å². The molecule has 0 aliphatic carbocycles. The Labute approximate surface area is 51.3 Å². The predicted octanol–water partition coefficient (Wildman–Crippen LogP) is -2.10. The number of halogens is 1. The van der Waals surface area contributed by atoms with Gasteiger partial charge in [0.2, 0.25) is 0 Å². The van der Waals surface area contributed by atoms with Crippen molar-refractivity contribution in [3.05, 3.63) is 0 Å². The van der Waals surface area contributed by atoms with Crippen molar-refractivity contribution in [2.75, 3.05) is 0 Å². The van der Waals surface area contributed by atoms with Crippen molar-refractivity contribution in [3.63, 3.8) is 0 Å². The fourth-order valence-corrected chi connectivity index (χ4v) is 0. The van der Waals surface area contributed by atoms with E-state index >= 15 is 0 Å². The smallest absolute Gasteiger partial charge is 0 e. The molecule has 0 N–H and O–H groups in total. The zero-order chi connectivity index (χ0) is 0. The van der Waals surface area contributed by atoms with Crippen LogP contribution in [0.4, 0.5) is 0 Å². The van der Waals surface area contributed by atoms with Gasteiger partial charge in [-0.05, 0) is 0 Å². The molecule has 0 aliphatic rings. The maximum atomic E-state index is 0. The van der Waals surface area contributed by atoms with Gasteiger partial charge in [-0.25, -0.2) is 0 Å². The first-order valence-corrected chi connectivity index (χ1v) is 0. The van der Waals surface area contributed by atoms with E-state index in [0.717, 1.165) is 0 Å². The maximum Gasteiger partial charge on any atom is 0 e. The maximum absolute atomic E-state index is 0. The van der Waals surface area contributed by atoms with E-state index in [1.54, 1.807) is 0 Å². The fraction of sp³-hybridized carbons (Fsp3) is 1.00. The summed E-state index contributed by atoms with van der Waals surface area (Å²) in [4.78, 5) is 0. The molecule has 0 unspecified atom stereocenters. The van der Waals surface area contributed by atoms with E-state index in [-0.39, 0.29) is 51.2 Å². The Morgan fingerprint density at radius 3 is 0.750 bits per heavy atom. The van der Waals surface area contributed by atoms with Crippen LogP contribution in [0.15, 0.2) is 0 Å². The number of rotatable bonds is 0. The summed E-state index contributed by atoms with van der Waals surface area (Å²) in [6, 6.07) is 0. The van der Waals surface area contributed by atoms with Gasteiger partial charge in [-0.1, -0.05) is 14.9 Å². The molecule has 0 heterocycles. The quantitative estimate of drug-likeness (QED) is 0.380. The zero-order valence-corrected chi connectivity index (χ0v) is 4.49. The zero-order valence-electron chi connectivity index (χ0n) is 0.878. The molecule has 0 bridgehead atoms. The SMILES string of the molecule is C.C.[Cl-].[Sn]. The second kappa shape index (κ2) is 32.9. The average molecular weight is 186 g/mol. The van der Waals surface area contributed by atoms with Crippen molar-refractivity contribution in [2.24, 2.45) is 0 Å². The van der Waals surface area contributed by atoms with E-state index < -0.39 is 0 Å². The average Bonchev–Trinajstić information content (AvgIpc) is 0. The van der Waals surface area contributed by atoms with Gasteiger partial charge in [-0.3, -0.25) is 0 Å². The number of hydrogen-bond acceptors (Lipinski definition) is 0. The molecular formula is C2H8ClSn-. The molecule has 28 valence electrons. The normalized spacial score (nSPS) is 0. The van der Waals surface area contributed by atoms with Crippen LogP contribution in [0.2, 0.25) is 0 Å². The van der Waals surface area contributed by atoms with Gasteiger partial charge in [-0.15, -0.1) is 0 Å².